The molecule has 2 atom stereocenters. The van der Waals surface area contributed by atoms with E-state index >= 15 is 0 Å². The molecule has 2 N–H and O–H groups in total. The van der Waals surface area contributed by atoms with Crippen molar-refractivity contribution in [3.8, 4) is 16.9 Å². The van der Waals surface area contributed by atoms with E-state index in [9.17, 15) is 22.7 Å². The summed E-state index contributed by atoms with van der Waals surface area (Å²) in [5, 5.41) is 14.6. The van der Waals surface area contributed by atoms with Crippen LogP contribution in [0.25, 0.3) is 22.0 Å². The highest BCUT2D eigenvalue weighted by molar-refractivity contribution is 5.97. The van der Waals surface area contributed by atoms with Gasteiger partial charge in [0.25, 0.3) is 0 Å². The molecule has 4 nitrogen and oxygen atoms in total. The van der Waals surface area contributed by atoms with Gasteiger partial charge in [0.2, 0.25) is 0 Å². The van der Waals surface area contributed by atoms with Gasteiger partial charge in [0.15, 0.2) is 0 Å². The minimum Gasteiger partial charge on any atom is -0.405 e. The minimum absolute atomic E-state index is 0.219. The van der Waals surface area contributed by atoms with E-state index in [-0.39, 0.29) is 17.9 Å². The summed E-state index contributed by atoms with van der Waals surface area (Å²) in [5.41, 5.74) is 1.97. The number of aromatic nitrogens is 1. The van der Waals surface area contributed by atoms with E-state index in [0.29, 0.717) is 22.0 Å². The van der Waals surface area contributed by atoms with Crippen molar-refractivity contribution in [3.63, 3.8) is 0 Å². The molecule has 0 saturated heterocycles. The van der Waals surface area contributed by atoms with E-state index in [1.807, 2.05) is 6.07 Å². The van der Waals surface area contributed by atoms with Crippen LogP contribution in [0.4, 0.5) is 17.6 Å². The number of likely N-dealkylation sites (N-methyl/N-ethyl adjacent to an activating group) is 1. The minimum atomic E-state index is -4.85. The molecule has 2 unspecified atom stereocenters. The Morgan fingerprint density at radius 2 is 1.70 bits per heavy atom. The van der Waals surface area contributed by atoms with Crippen molar-refractivity contribution < 1.29 is 27.4 Å². The van der Waals surface area contributed by atoms with Crippen LogP contribution in [0.2, 0.25) is 0 Å². The van der Waals surface area contributed by atoms with Crippen LogP contribution >= 0.6 is 0 Å². The SMILES string of the molecule is CNCC(O)C(c1cccc(F)c1)n1cc(-c2ccccc2OC(F)(F)F)c2ccccc21. The van der Waals surface area contributed by atoms with Gasteiger partial charge in [-0.25, -0.2) is 4.39 Å². The number of nitrogens with one attached hydrogen (secondary N) is 1. The molecule has 4 rings (SSSR count). The number of hydrogen-bond donors (Lipinski definition) is 2. The van der Waals surface area contributed by atoms with Crippen molar-refractivity contribution >= 4 is 10.9 Å². The molecule has 0 radical (unpaired) electrons. The third-order valence-electron chi connectivity index (χ3n) is 5.41. The molecule has 0 aliphatic rings. The Morgan fingerprint density at radius 3 is 2.42 bits per heavy atom. The number of para-hydroxylation sites is 2. The van der Waals surface area contributed by atoms with Crippen LogP contribution in [0.1, 0.15) is 11.6 Å². The molecule has 172 valence electrons. The van der Waals surface area contributed by atoms with Gasteiger partial charge in [-0.15, -0.1) is 13.2 Å². The van der Waals surface area contributed by atoms with E-state index in [0.717, 1.165) is 0 Å². The van der Waals surface area contributed by atoms with Crippen molar-refractivity contribution in [3.05, 3.63) is 90.4 Å². The third kappa shape index (κ3) is 4.86. The van der Waals surface area contributed by atoms with Crippen LogP contribution in [0.15, 0.2) is 79.0 Å². The number of alkyl halides is 3. The maximum absolute atomic E-state index is 14.1. The fourth-order valence-corrected chi connectivity index (χ4v) is 4.13. The lowest BCUT2D eigenvalue weighted by atomic mass is 10.0. The highest BCUT2D eigenvalue weighted by Gasteiger charge is 2.33. The second kappa shape index (κ2) is 9.25. The summed E-state index contributed by atoms with van der Waals surface area (Å²) in [4.78, 5) is 0. The maximum Gasteiger partial charge on any atom is 0.573 e. The summed E-state index contributed by atoms with van der Waals surface area (Å²) in [5.74, 6) is -0.777. The fraction of sp³-hybridized carbons (Fsp3) is 0.200. The lowest BCUT2D eigenvalue weighted by Crippen LogP contribution is -2.33. The lowest BCUT2D eigenvalue weighted by Gasteiger charge is -2.26. The van der Waals surface area contributed by atoms with Crippen molar-refractivity contribution in [2.75, 3.05) is 13.6 Å². The van der Waals surface area contributed by atoms with Crippen LogP contribution in [0.3, 0.4) is 0 Å². The van der Waals surface area contributed by atoms with Crippen LogP contribution in [-0.2, 0) is 0 Å². The zero-order valence-electron chi connectivity index (χ0n) is 17.7. The van der Waals surface area contributed by atoms with Gasteiger partial charge in [0.1, 0.15) is 11.6 Å². The molecule has 3 aromatic carbocycles. The molecular weight excluding hydrogens is 436 g/mol. The van der Waals surface area contributed by atoms with E-state index in [1.54, 1.807) is 60.3 Å². The first kappa shape index (κ1) is 22.8. The quantitative estimate of drug-likeness (QED) is 0.359. The third-order valence-corrected chi connectivity index (χ3v) is 5.41. The van der Waals surface area contributed by atoms with Gasteiger partial charge in [-0.3, -0.25) is 0 Å². The second-order valence-electron chi connectivity index (χ2n) is 7.64. The summed E-state index contributed by atoms with van der Waals surface area (Å²) in [7, 11) is 1.69. The van der Waals surface area contributed by atoms with Gasteiger partial charge in [-0.1, -0.05) is 48.5 Å². The number of fused-ring (bicyclic) bond motifs is 1. The molecule has 0 spiro atoms. The first-order chi connectivity index (χ1) is 15.8. The van der Waals surface area contributed by atoms with Crippen LogP contribution in [0.5, 0.6) is 5.75 Å². The summed E-state index contributed by atoms with van der Waals surface area (Å²) in [6.45, 7) is 0.219. The van der Waals surface area contributed by atoms with Crippen LogP contribution < -0.4 is 10.1 Å². The number of nitrogens with zero attached hydrogens (tertiary/aromatic N) is 1. The zero-order chi connectivity index (χ0) is 23.6. The fourth-order valence-electron chi connectivity index (χ4n) is 4.13. The molecular formula is C25H22F4N2O2. The standard InChI is InChI=1S/C25H22F4N2O2/c1-30-14-22(32)24(16-7-6-8-17(26)13-16)31-15-20(18-9-2-4-11-21(18)31)19-10-3-5-12-23(19)33-25(27,28)29/h2-13,15,22,24,30,32H,14H2,1H3. The second-order valence-corrected chi connectivity index (χ2v) is 7.64. The van der Waals surface area contributed by atoms with E-state index in [4.69, 9.17) is 0 Å². The molecule has 0 bridgehead atoms. The van der Waals surface area contributed by atoms with E-state index < -0.39 is 24.3 Å². The topological polar surface area (TPSA) is 46.4 Å². The Kier molecular flexibility index (Phi) is 6.40. The average molecular weight is 458 g/mol. The zero-order valence-corrected chi connectivity index (χ0v) is 17.7. The Labute approximate surface area is 188 Å². The maximum atomic E-state index is 14.1. The number of hydrogen-bond acceptors (Lipinski definition) is 3. The van der Waals surface area contributed by atoms with E-state index in [2.05, 4.69) is 10.1 Å². The summed E-state index contributed by atoms with van der Waals surface area (Å²) < 4.78 is 59.2. The number of rotatable bonds is 7. The smallest absolute Gasteiger partial charge is 0.405 e. The van der Waals surface area contributed by atoms with Gasteiger partial charge in [0.05, 0.1) is 12.1 Å². The number of aliphatic hydroxyl groups excluding tert-OH is 1. The molecule has 0 amide bonds. The Balaban J connectivity index is 1.94. The Bertz CT molecular complexity index is 1250. The molecule has 0 aliphatic carbocycles. The number of ether oxygens (including phenoxy) is 1. The molecule has 8 heteroatoms. The van der Waals surface area contributed by atoms with Crippen LogP contribution in [0, 0.1) is 5.82 Å². The van der Waals surface area contributed by atoms with Crippen molar-refractivity contribution in [1.29, 1.82) is 0 Å². The van der Waals surface area contributed by atoms with Crippen molar-refractivity contribution in [2.45, 2.75) is 18.5 Å². The number of aliphatic hydroxyl groups is 1. The molecule has 1 heterocycles. The first-order valence-corrected chi connectivity index (χ1v) is 10.3. The Morgan fingerprint density at radius 1 is 0.970 bits per heavy atom. The summed E-state index contributed by atoms with van der Waals surface area (Å²) in [6.07, 6.45) is -4.11. The number of benzene rings is 3. The first-order valence-electron chi connectivity index (χ1n) is 10.3. The predicted molar refractivity (Wildman–Crippen MR) is 119 cm³/mol. The molecule has 33 heavy (non-hydrogen) atoms. The number of halogens is 4. The van der Waals surface area contributed by atoms with Gasteiger partial charge >= 0.3 is 6.36 Å². The molecule has 4 aromatic rings. The van der Waals surface area contributed by atoms with E-state index in [1.165, 1.54) is 24.3 Å². The Hall–Kier alpha value is -3.36. The monoisotopic (exact) mass is 458 g/mol. The van der Waals surface area contributed by atoms with Gasteiger partial charge in [-0.2, -0.15) is 0 Å². The van der Waals surface area contributed by atoms with Crippen molar-refractivity contribution in [1.82, 2.24) is 9.88 Å². The van der Waals surface area contributed by atoms with Crippen molar-refractivity contribution in [2.24, 2.45) is 0 Å². The normalized spacial score (nSPS) is 13.8. The average Bonchev–Trinajstić information content (AvgIpc) is 3.13. The van der Waals surface area contributed by atoms with Gasteiger partial charge in [0, 0.05) is 34.8 Å². The largest absolute Gasteiger partial charge is 0.573 e. The van der Waals surface area contributed by atoms with Gasteiger partial charge in [-0.05, 0) is 36.9 Å². The highest BCUT2D eigenvalue weighted by Crippen LogP contribution is 2.40. The highest BCUT2D eigenvalue weighted by atomic mass is 19.4. The summed E-state index contributed by atoms with van der Waals surface area (Å²) in [6, 6.07) is 18.3. The lowest BCUT2D eigenvalue weighted by molar-refractivity contribution is -0.274. The predicted octanol–water partition coefficient (Wildman–Crippen LogP) is 5.52. The molecule has 0 saturated carbocycles. The molecule has 1 aromatic heterocycles. The van der Waals surface area contributed by atoms with Gasteiger partial charge < -0.3 is 19.7 Å². The molecule has 0 fully saturated rings. The summed E-state index contributed by atoms with van der Waals surface area (Å²) >= 11 is 0. The molecule has 0 aliphatic heterocycles. The van der Waals surface area contributed by atoms with Crippen LogP contribution in [-0.4, -0.2) is 35.7 Å².